The Morgan fingerprint density at radius 2 is 1.13 bits per heavy atom. The summed E-state index contributed by atoms with van der Waals surface area (Å²) >= 11 is 6.17. The van der Waals surface area contributed by atoms with Crippen LogP contribution in [0.1, 0.15) is 90.2 Å². The molecule has 4 aromatic heterocycles. The Bertz CT molecular complexity index is 2580. The van der Waals surface area contributed by atoms with Crippen LogP contribution in [0.4, 0.5) is 53.0 Å². The number of hydrogen-bond acceptors (Lipinski definition) is 20. The van der Waals surface area contributed by atoms with Crippen molar-refractivity contribution in [2.24, 2.45) is 4.99 Å². The van der Waals surface area contributed by atoms with E-state index in [1.165, 1.54) is 37.3 Å². The molecule has 0 saturated carbocycles. The van der Waals surface area contributed by atoms with Crippen LogP contribution in [-0.4, -0.2) is 187 Å². The van der Waals surface area contributed by atoms with Gasteiger partial charge in [0.15, 0.2) is 11.6 Å². The topological polar surface area (TPSA) is 213 Å². The summed E-state index contributed by atoms with van der Waals surface area (Å²) < 4.78 is 88.4. The smallest absolute Gasteiger partial charge is 0.399 e. The maximum Gasteiger partial charge on any atom is 0.496 e. The Morgan fingerprint density at radius 1 is 0.658 bits per heavy atom. The third-order valence-corrected chi connectivity index (χ3v) is 14.9. The fourth-order valence-corrected chi connectivity index (χ4v) is 10.2. The van der Waals surface area contributed by atoms with Crippen LogP contribution in [0.25, 0.3) is 11.4 Å². The van der Waals surface area contributed by atoms with E-state index in [9.17, 15) is 17.6 Å². The molecule has 27 heteroatoms. The molecular weight excluding hydrogens is 1020 g/mol. The van der Waals surface area contributed by atoms with Gasteiger partial charge in [-0.25, -0.2) is 32.5 Å². The van der Waals surface area contributed by atoms with Crippen molar-refractivity contribution in [2.45, 2.75) is 114 Å². The lowest BCUT2D eigenvalue weighted by Gasteiger charge is -2.45. The molecule has 7 fully saturated rings. The molecule has 412 valence electrons. The van der Waals surface area contributed by atoms with Crippen LogP contribution in [0.3, 0.4) is 0 Å². The lowest BCUT2D eigenvalue weighted by atomic mass is 9.77. The molecule has 7 aliphatic heterocycles. The zero-order chi connectivity index (χ0) is 53.7. The maximum atomic E-state index is 13.8. The van der Waals surface area contributed by atoms with Crippen molar-refractivity contribution in [1.82, 2.24) is 44.8 Å². The normalized spacial score (nSPS) is 24.1. The number of anilines is 5. The molecule has 7 aliphatic rings. The highest BCUT2D eigenvalue weighted by atomic mass is 35.5. The lowest BCUT2D eigenvalue weighted by Crippen LogP contribution is -2.56. The first-order valence-electron chi connectivity index (χ1n) is 25.9. The molecule has 21 nitrogen and oxygen atoms in total. The molecule has 0 aliphatic carbocycles. The van der Waals surface area contributed by atoms with Crippen LogP contribution in [0.15, 0.2) is 29.5 Å². The summed E-state index contributed by atoms with van der Waals surface area (Å²) in [7, 11) is 2.70. The summed E-state index contributed by atoms with van der Waals surface area (Å²) in [5, 5.41) is 0.260. The van der Waals surface area contributed by atoms with E-state index in [1.807, 2.05) is 32.6 Å². The molecule has 4 bridgehead atoms. The third-order valence-electron chi connectivity index (χ3n) is 14.8. The van der Waals surface area contributed by atoms with Crippen molar-refractivity contribution in [3.63, 3.8) is 0 Å². The number of fused-ring (bicyclic) bond motifs is 4. The maximum absolute atomic E-state index is 13.8. The van der Waals surface area contributed by atoms with Crippen LogP contribution in [0.2, 0.25) is 5.28 Å². The quantitative estimate of drug-likeness (QED) is 0.0872. The summed E-state index contributed by atoms with van der Waals surface area (Å²) in [6, 6.07) is 3.48. The molecule has 0 spiro atoms. The lowest BCUT2D eigenvalue weighted by molar-refractivity contribution is 0.00578. The second-order valence-corrected chi connectivity index (χ2v) is 21.1. The first kappa shape index (κ1) is 55.4. The van der Waals surface area contributed by atoms with E-state index < -0.39 is 31.2 Å². The van der Waals surface area contributed by atoms with Gasteiger partial charge in [-0.3, -0.25) is 0 Å². The summed E-state index contributed by atoms with van der Waals surface area (Å²) in [6.07, 6.45) is 5.35. The largest absolute Gasteiger partial charge is 0.496 e. The van der Waals surface area contributed by atoms with Crippen LogP contribution in [0.5, 0.6) is 0 Å². The van der Waals surface area contributed by atoms with Crippen molar-refractivity contribution < 1.29 is 45.8 Å². The molecule has 11 rings (SSSR count). The Balaban J connectivity index is 0.000000142. The first-order chi connectivity index (χ1) is 36.4. The number of nitrogens with zero attached hydrogens (tertiary/aromatic N) is 14. The minimum atomic E-state index is -2.73. The van der Waals surface area contributed by atoms with Crippen LogP contribution >= 0.6 is 11.6 Å². The van der Waals surface area contributed by atoms with E-state index in [0.29, 0.717) is 88.6 Å². The predicted molar refractivity (Wildman–Crippen MR) is 280 cm³/mol. The first-order valence-corrected chi connectivity index (χ1v) is 26.3. The molecule has 11 heterocycles. The van der Waals surface area contributed by atoms with Gasteiger partial charge >= 0.3 is 7.12 Å². The van der Waals surface area contributed by atoms with E-state index in [0.717, 1.165) is 58.4 Å². The zero-order valence-corrected chi connectivity index (χ0v) is 44.6. The van der Waals surface area contributed by atoms with E-state index in [-0.39, 0.29) is 57.0 Å². The number of nitrogens with two attached hydrogens (primary N) is 1. The highest BCUT2D eigenvalue weighted by Gasteiger charge is 2.53. The number of aliphatic imine (C=N–C) groups is 1. The van der Waals surface area contributed by atoms with Gasteiger partial charge in [0.2, 0.25) is 29.1 Å². The van der Waals surface area contributed by atoms with E-state index in [4.69, 9.17) is 55.6 Å². The van der Waals surface area contributed by atoms with Crippen molar-refractivity contribution in [1.29, 1.82) is 0 Å². The molecule has 4 aromatic rings. The van der Waals surface area contributed by atoms with Crippen LogP contribution < -0.4 is 30.8 Å². The van der Waals surface area contributed by atoms with Gasteiger partial charge in [-0.1, -0.05) is 0 Å². The average Bonchev–Trinajstić information content (AvgIpc) is 3.66. The highest BCUT2D eigenvalue weighted by molar-refractivity contribution is 6.62. The van der Waals surface area contributed by atoms with Gasteiger partial charge in [0.25, 0.3) is 12.9 Å². The summed E-state index contributed by atoms with van der Waals surface area (Å²) in [5.74, 6) is 2.74. The number of alkyl halides is 4. The van der Waals surface area contributed by atoms with Crippen molar-refractivity contribution in [3.05, 3.63) is 40.9 Å². The molecular formula is C49H67BClF4N15O6. The van der Waals surface area contributed by atoms with Crippen molar-refractivity contribution in [2.75, 3.05) is 118 Å². The number of rotatable bonds is 10. The van der Waals surface area contributed by atoms with Gasteiger partial charge in [-0.2, -0.15) is 29.9 Å². The molecule has 76 heavy (non-hydrogen) atoms. The number of aromatic nitrogens is 8. The van der Waals surface area contributed by atoms with Gasteiger partial charge in [0, 0.05) is 74.8 Å². The molecule has 7 saturated heterocycles. The van der Waals surface area contributed by atoms with Crippen LogP contribution in [-0.2, 0) is 28.3 Å². The minimum absolute atomic E-state index is 0.0319. The SMILES string of the molecule is CN(C)C=Nc1cc(C(F)F)c(B2OC(C)(C)C(C)(C)O2)cn1.Clc1nc(N2CCOCC2)nc(N2C3CCCC2COC3)n1.Nc1cc(C(F)F)c(-c2nc(N3CCOCC3)nc(N3C4CCCC3COC4)n2)cn1. The molecule has 0 aromatic carbocycles. The van der Waals surface area contributed by atoms with E-state index >= 15 is 0 Å². The number of pyridine rings is 2. The predicted octanol–water partition coefficient (Wildman–Crippen LogP) is 5.71. The van der Waals surface area contributed by atoms with Crippen molar-refractivity contribution >= 4 is 65.9 Å². The molecule has 0 amide bonds. The Kier molecular flexibility index (Phi) is 17.6. The third kappa shape index (κ3) is 12.8. The number of halogens is 5. The van der Waals surface area contributed by atoms with Gasteiger partial charge in [-0.15, -0.1) is 0 Å². The molecule has 0 radical (unpaired) electrons. The van der Waals surface area contributed by atoms with Gasteiger partial charge in [-0.05, 0) is 90.0 Å². The number of piperidine rings is 2. The fourth-order valence-electron chi connectivity index (χ4n) is 10.1. The zero-order valence-electron chi connectivity index (χ0n) is 43.8. The Hall–Kier alpha value is -5.38. The monoisotopic (exact) mass is 1080 g/mol. The van der Waals surface area contributed by atoms with Gasteiger partial charge < -0.3 is 58.5 Å². The fraction of sp³-hybridized carbons (Fsp3) is 0.653. The molecule has 4 unspecified atom stereocenters. The summed E-state index contributed by atoms with van der Waals surface area (Å²) in [4.78, 5) is 49.9. The Labute approximate surface area is 445 Å². The second-order valence-electron chi connectivity index (χ2n) is 20.8. The average molecular weight is 1080 g/mol. The standard InChI is InChI=1S/C20H25F2N7O2.C15H22BF2N3O2.C14H20ClN5O2/c21-17(22)14-8-16(23)24-9-15(14)18-25-19(28-4-6-30-7-5-28)27-20(26-18)29-12-2-1-3-13(29)11-31-10-12;1-14(2)15(3,4)23-16(22-14)11-8-19-12(20-9-21(5)6)7-10(11)13(17)18;15-12-16-13(19-4-6-21-7-5-19)18-14(17-12)20-10-2-1-3-11(20)9-22-8-10/h8-9,12-13,17H,1-7,10-11H2,(H2,23,24);7-9,13H,1-6H3;10-11H,1-9H2. The van der Waals surface area contributed by atoms with Gasteiger partial charge in [0.05, 0.1) is 94.6 Å². The highest BCUT2D eigenvalue weighted by Crippen LogP contribution is 2.39. The number of ether oxygens (including phenoxy) is 4. The molecule has 4 atom stereocenters. The Morgan fingerprint density at radius 3 is 1.63 bits per heavy atom. The van der Waals surface area contributed by atoms with Gasteiger partial charge in [0.1, 0.15) is 5.82 Å². The van der Waals surface area contributed by atoms with Crippen molar-refractivity contribution in [3.8, 4) is 11.4 Å². The molecule has 2 N–H and O–H groups in total. The number of nitrogen functional groups attached to an aromatic ring is 1. The van der Waals surface area contributed by atoms with E-state index in [1.54, 1.807) is 19.0 Å². The van der Waals surface area contributed by atoms with E-state index in [2.05, 4.69) is 49.6 Å². The summed E-state index contributed by atoms with van der Waals surface area (Å²) in [6.45, 7) is 15.5. The minimum Gasteiger partial charge on any atom is -0.399 e. The number of hydrogen-bond donors (Lipinski definition) is 1. The summed E-state index contributed by atoms with van der Waals surface area (Å²) in [5.41, 5.74) is 4.45. The second kappa shape index (κ2) is 24.1. The van der Waals surface area contributed by atoms with Crippen LogP contribution in [0, 0.1) is 0 Å². The number of morpholine rings is 4.